The Morgan fingerprint density at radius 3 is 2.46 bits per heavy atom. The molecule has 0 saturated carbocycles. The molecule has 0 fully saturated rings. The summed E-state index contributed by atoms with van der Waals surface area (Å²) >= 11 is 0.836. The summed E-state index contributed by atoms with van der Waals surface area (Å²) in [7, 11) is -4.17. The fourth-order valence-corrected chi connectivity index (χ4v) is 4.89. The van der Waals surface area contributed by atoms with Gasteiger partial charge < -0.3 is 0 Å². The highest BCUT2D eigenvalue weighted by atomic mass is 32.2. The Hall–Kier alpha value is -3.06. The van der Waals surface area contributed by atoms with Gasteiger partial charge in [-0.2, -0.15) is 13.0 Å². The van der Waals surface area contributed by atoms with Gasteiger partial charge >= 0.3 is 0 Å². The number of rotatable bonds is 11. The highest BCUT2D eigenvalue weighted by Crippen LogP contribution is 2.42. The third-order valence-electron chi connectivity index (χ3n) is 5.79. The number of carbonyl (C=O) groups excluding carboxylic acids is 1. The highest BCUT2D eigenvalue weighted by molar-refractivity contribution is 7.94. The van der Waals surface area contributed by atoms with Gasteiger partial charge in [-0.15, -0.1) is 4.33 Å². The van der Waals surface area contributed by atoms with E-state index in [4.69, 9.17) is 5.26 Å². The van der Waals surface area contributed by atoms with Crippen LogP contribution in [-0.2, 0) is 29.7 Å². The van der Waals surface area contributed by atoms with E-state index >= 15 is 0 Å². The number of benzene rings is 2. The van der Waals surface area contributed by atoms with Crippen molar-refractivity contribution in [2.45, 2.75) is 31.1 Å². The van der Waals surface area contributed by atoms with E-state index in [2.05, 4.69) is 9.37 Å². The van der Waals surface area contributed by atoms with E-state index in [1.807, 2.05) is 73.0 Å². The quantitative estimate of drug-likeness (QED) is 0.101. The second-order valence-electron chi connectivity index (χ2n) is 8.66. The van der Waals surface area contributed by atoms with Crippen molar-refractivity contribution >= 4 is 45.2 Å². The van der Waals surface area contributed by atoms with Crippen LogP contribution in [-0.4, -0.2) is 46.7 Å². The number of anilines is 1. The summed E-state index contributed by atoms with van der Waals surface area (Å²) in [5.41, 5.74) is 2.80. The smallest absolute Gasteiger partial charge is 0.271 e. The topological polar surface area (TPSA) is 116 Å². The maximum atomic E-state index is 12.0. The molecule has 196 valence electrons. The first kappa shape index (κ1) is 28.5. The molecule has 0 aliphatic carbocycles. The Kier molecular flexibility index (Phi) is 9.60. The Balaban J connectivity index is 1.86. The Morgan fingerprint density at radius 1 is 1.11 bits per heavy atom. The zero-order chi connectivity index (χ0) is 27.1. The highest BCUT2D eigenvalue weighted by Gasteiger charge is 2.44. The molecule has 1 heterocycles. The minimum absolute atomic E-state index is 0.0614. The van der Waals surface area contributed by atoms with E-state index in [9.17, 15) is 17.8 Å². The molecular weight excluding hydrogens is 516 g/mol. The van der Waals surface area contributed by atoms with Gasteiger partial charge in [0, 0.05) is 41.4 Å². The third-order valence-corrected chi connectivity index (χ3v) is 7.07. The van der Waals surface area contributed by atoms with Gasteiger partial charge in [-0.05, 0) is 44.2 Å². The molecule has 1 aliphatic rings. The van der Waals surface area contributed by atoms with Crippen molar-refractivity contribution < 1.29 is 37.0 Å². The average Bonchev–Trinajstić information content (AvgIpc) is 3.06. The molecule has 0 atom stereocenters. The van der Waals surface area contributed by atoms with E-state index in [0.717, 1.165) is 34.7 Å². The number of allylic oxidation sites excluding steroid dienone is 5. The number of amides is 1. The standard InChI is InChI=1S/C26H28N2O7S2/c1-20(29)27(21-11-7-6-8-12-21)16-10-5-4-9-13-25-26(2,3)23-19-22(36-35-34-30)14-15-24(23)28(25)17-18-37(31,32)33/h4-16,19H,17-18H2,1-3H3,(H-,30,31,32,33)/p+1. The lowest BCUT2D eigenvalue weighted by atomic mass is 9.81. The maximum Gasteiger partial charge on any atom is 0.271 e. The Bertz CT molecular complexity index is 1350. The van der Waals surface area contributed by atoms with Crippen molar-refractivity contribution in [3.8, 4) is 0 Å². The summed E-state index contributed by atoms with van der Waals surface area (Å²) in [4.78, 5) is 14.2. The molecule has 0 bridgehead atoms. The fourth-order valence-electron chi connectivity index (χ4n) is 4.08. The van der Waals surface area contributed by atoms with Crippen LogP contribution in [0.1, 0.15) is 26.3 Å². The molecule has 2 aromatic rings. The second kappa shape index (κ2) is 12.5. The van der Waals surface area contributed by atoms with Gasteiger partial charge in [-0.1, -0.05) is 41.5 Å². The first-order valence-electron chi connectivity index (χ1n) is 11.3. The van der Waals surface area contributed by atoms with Gasteiger partial charge in [0.2, 0.25) is 11.6 Å². The predicted molar refractivity (Wildman–Crippen MR) is 143 cm³/mol. The van der Waals surface area contributed by atoms with Crippen LogP contribution < -0.4 is 4.90 Å². The fraction of sp³-hybridized carbons (Fsp3) is 0.231. The number of para-hydroxylation sites is 1. The van der Waals surface area contributed by atoms with Crippen LogP contribution in [0.3, 0.4) is 0 Å². The molecule has 0 spiro atoms. The van der Waals surface area contributed by atoms with Crippen molar-refractivity contribution in [2.75, 3.05) is 17.2 Å². The molecule has 0 aromatic heterocycles. The van der Waals surface area contributed by atoms with Crippen LogP contribution in [0.15, 0.2) is 90.0 Å². The van der Waals surface area contributed by atoms with Gasteiger partial charge in [-0.3, -0.25) is 14.2 Å². The first-order chi connectivity index (χ1) is 17.5. The molecule has 1 aliphatic heterocycles. The molecule has 11 heteroatoms. The lowest BCUT2D eigenvalue weighted by molar-refractivity contribution is -0.432. The predicted octanol–water partition coefficient (Wildman–Crippen LogP) is 5.06. The van der Waals surface area contributed by atoms with Crippen LogP contribution in [0.25, 0.3) is 0 Å². The van der Waals surface area contributed by atoms with E-state index in [1.54, 1.807) is 30.5 Å². The molecule has 0 unspecified atom stereocenters. The summed E-state index contributed by atoms with van der Waals surface area (Å²) in [6.07, 6.45) is 10.7. The third kappa shape index (κ3) is 7.48. The number of fused-ring (bicyclic) bond motifs is 1. The van der Waals surface area contributed by atoms with E-state index in [0.29, 0.717) is 4.90 Å². The monoisotopic (exact) mass is 545 g/mol. The number of hydrogen-bond donors (Lipinski definition) is 2. The van der Waals surface area contributed by atoms with Crippen LogP contribution in [0, 0.1) is 0 Å². The van der Waals surface area contributed by atoms with E-state index in [1.165, 1.54) is 11.8 Å². The van der Waals surface area contributed by atoms with Gasteiger partial charge in [-0.25, -0.2) is 5.26 Å². The van der Waals surface area contributed by atoms with E-state index < -0.39 is 21.3 Å². The van der Waals surface area contributed by atoms with Crippen molar-refractivity contribution in [3.05, 3.63) is 90.7 Å². The lowest BCUT2D eigenvalue weighted by Crippen LogP contribution is -2.29. The second-order valence-corrected chi connectivity index (χ2v) is 11.0. The summed E-state index contributed by atoms with van der Waals surface area (Å²) in [6.45, 7) is 5.56. The summed E-state index contributed by atoms with van der Waals surface area (Å²) < 4.78 is 38.7. The Morgan fingerprint density at radius 2 is 1.81 bits per heavy atom. The molecule has 3 rings (SSSR count). The summed E-state index contributed by atoms with van der Waals surface area (Å²) in [5, 5.41) is 12.1. The van der Waals surface area contributed by atoms with Crippen molar-refractivity contribution in [3.63, 3.8) is 0 Å². The minimum atomic E-state index is -4.17. The van der Waals surface area contributed by atoms with Crippen molar-refractivity contribution in [1.29, 1.82) is 0 Å². The molecule has 1 amide bonds. The maximum absolute atomic E-state index is 12.0. The number of nitrogens with zero attached hydrogens (tertiary/aromatic N) is 2. The molecule has 2 aromatic carbocycles. The minimum Gasteiger partial charge on any atom is -0.288 e. The lowest BCUT2D eigenvalue weighted by Gasteiger charge is -2.16. The van der Waals surface area contributed by atoms with Crippen molar-refractivity contribution in [2.24, 2.45) is 0 Å². The van der Waals surface area contributed by atoms with Gasteiger partial charge in [0.15, 0.2) is 12.3 Å². The zero-order valence-corrected chi connectivity index (χ0v) is 22.3. The van der Waals surface area contributed by atoms with Crippen LogP contribution in [0.5, 0.6) is 0 Å². The molecule has 37 heavy (non-hydrogen) atoms. The summed E-state index contributed by atoms with van der Waals surface area (Å²) in [6, 6.07) is 14.7. The first-order valence-corrected chi connectivity index (χ1v) is 13.7. The Labute approximate surface area is 220 Å². The SMILES string of the molecule is CC(=O)N(/C=C/C=C/C=C/C1=[N+](CCS(=O)(=O)O)c2ccc(SOOO)cc2C1(C)C)c1ccccc1. The normalized spacial score (nSPS) is 15.3. The van der Waals surface area contributed by atoms with E-state index in [-0.39, 0.29) is 12.5 Å². The zero-order valence-electron chi connectivity index (χ0n) is 20.6. The molecule has 9 nitrogen and oxygen atoms in total. The van der Waals surface area contributed by atoms with Gasteiger partial charge in [0.25, 0.3) is 10.1 Å². The largest absolute Gasteiger partial charge is 0.288 e. The van der Waals surface area contributed by atoms with Gasteiger partial charge in [0.05, 0.1) is 17.5 Å². The van der Waals surface area contributed by atoms with Crippen LogP contribution in [0.4, 0.5) is 11.4 Å². The van der Waals surface area contributed by atoms with Crippen molar-refractivity contribution in [1.82, 2.24) is 0 Å². The van der Waals surface area contributed by atoms with Gasteiger partial charge in [0.1, 0.15) is 5.75 Å². The van der Waals surface area contributed by atoms with Crippen LogP contribution in [0.2, 0.25) is 0 Å². The molecule has 0 saturated heterocycles. The molecule has 0 radical (unpaired) electrons. The summed E-state index contributed by atoms with van der Waals surface area (Å²) in [5.74, 6) is -0.549. The molecular formula is C26H29N2O7S2+. The number of carbonyl (C=O) groups is 1. The average molecular weight is 546 g/mol. The van der Waals surface area contributed by atoms with Crippen LogP contribution >= 0.6 is 12.0 Å². The number of hydrogen-bond acceptors (Lipinski definition) is 7. The molecule has 2 N–H and O–H groups in total.